The number of carbonyl (C=O) groups excluding carboxylic acids is 1. The van der Waals surface area contributed by atoms with Crippen molar-refractivity contribution in [2.24, 2.45) is 13.0 Å². The van der Waals surface area contributed by atoms with Gasteiger partial charge in [-0.05, 0) is 56.5 Å². The monoisotopic (exact) mass is 368 g/mol. The molecule has 0 aliphatic carbocycles. The number of hydrogen-bond acceptors (Lipinski definition) is 3. The van der Waals surface area contributed by atoms with Crippen LogP contribution in [-0.2, 0) is 7.05 Å². The number of halogens is 1. The number of carbonyl (C=O) groups is 1. The van der Waals surface area contributed by atoms with Crippen molar-refractivity contribution in [3.05, 3.63) is 53.1 Å². The SMILES string of the molecule is Cc1nn(C)cc1C(=O)N1C[C@H](c2ccc(F)cc2)[C@H]2[C@@H]1C1CCN2CC1. The molecule has 0 unspecified atom stereocenters. The van der Waals surface area contributed by atoms with Gasteiger partial charge in [-0.1, -0.05) is 12.1 Å². The first kappa shape index (κ1) is 16.9. The Morgan fingerprint density at radius 2 is 1.85 bits per heavy atom. The first-order chi connectivity index (χ1) is 13.0. The van der Waals surface area contributed by atoms with Gasteiger partial charge in [0, 0.05) is 31.7 Å². The van der Waals surface area contributed by atoms with Crippen LogP contribution in [0.5, 0.6) is 0 Å². The number of nitrogens with zero attached hydrogens (tertiary/aromatic N) is 4. The molecule has 0 spiro atoms. The van der Waals surface area contributed by atoms with Crippen molar-refractivity contribution in [2.45, 2.75) is 37.8 Å². The molecule has 2 aromatic rings. The smallest absolute Gasteiger partial charge is 0.257 e. The van der Waals surface area contributed by atoms with Crippen molar-refractivity contribution in [3.8, 4) is 0 Å². The summed E-state index contributed by atoms with van der Waals surface area (Å²) in [4.78, 5) is 18.1. The number of amides is 1. The van der Waals surface area contributed by atoms with Gasteiger partial charge in [-0.25, -0.2) is 4.39 Å². The normalized spacial score (nSPS) is 32.0. The van der Waals surface area contributed by atoms with Gasteiger partial charge in [0.15, 0.2) is 0 Å². The largest absolute Gasteiger partial charge is 0.333 e. The van der Waals surface area contributed by atoms with E-state index in [-0.39, 0.29) is 23.7 Å². The lowest BCUT2D eigenvalue weighted by molar-refractivity contribution is -0.00343. The van der Waals surface area contributed by atoms with E-state index in [9.17, 15) is 9.18 Å². The number of likely N-dealkylation sites (tertiary alicyclic amines) is 1. The molecule has 1 amide bonds. The molecule has 0 saturated carbocycles. The maximum absolute atomic E-state index is 13.4. The van der Waals surface area contributed by atoms with Crippen LogP contribution in [0.2, 0.25) is 0 Å². The van der Waals surface area contributed by atoms with Crippen molar-refractivity contribution in [3.63, 3.8) is 0 Å². The number of benzene rings is 1. The fourth-order valence-electron chi connectivity index (χ4n) is 5.62. The third-order valence-electron chi connectivity index (χ3n) is 6.80. The second-order valence-corrected chi connectivity index (χ2v) is 8.27. The quantitative estimate of drug-likeness (QED) is 0.818. The minimum absolute atomic E-state index is 0.0916. The first-order valence-corrected chi connectivity index (χ1v) is 9.83. The molecular formula is C21H25FN4O. The molecule has 0 N–H and O–H groups in total. The summed E-state index contributed by atoms with van der Waals surface area (Å²) in [6, 6.07) is 7.44. The minimum atomic E-state index is -0.210. The standard InChI is InChI=1S/C21H25FN4O/c1-13-17(11-24(2)23-13)21(27)26-12-18(14-3-5-16(22)6-4-14)20-19(26)15-7-9-25(20)10-8-15/h3-6,11,15,18-20H,7-10,12H2,1-2H3/t18-,19+,20+/m1/s1. The molecule has 6 heteroatoms. The molecule has 3 atom stereocenters. The molecule has 6 rings (SSSR count). The van der Waals surface area contributed by atoms with E-state index in [0.29, 0.717) is 24.1 Å². The highest BCUT2D eigenvalue weighted by atomic mass is 19.1. The molecule has 142 valence electrons. The zero-order valence-electron chi connectivity index (χ0n) is 15.8. The highest BCUT2D eigenvalue weighted by molar-refractivity contribution is 5.95. The average molecular weight is 368 g/mol. The lowest BCUT2D eigenvalue weighted by atomic mass is 9.75. The fraction of sp³-hybridized carbons (Fsp3) is 0.524. The summed E-state index contributed by atoms with van der Waals surface area (Å²) in [5.74, 6) is 0.678. The van der Waals surface area contributed by atoms with Gasteiger partial charge in [0.1, 0.15) is 5.82 Å². The molecule has 4 saturated heterocycles. The molecule has 0 radical (unpaired) electrons. The Balaban J connectivity index is 1.53. The van der Waals surface area contributed by atoms with Crippen LogP contribution in [0.25, 0.3) is 0 Å². The van der Waals surface area contributed by atoms with E-state index in [4.69, 9.17) is 0 Å². The van der Waals surface area contributed by atoms with Crippen LogP contribution < -0.4 is 0 Å². The summed E-state index contributed by atoms with van der Waals surface area (Å²) in [5.41, 5.74) is 2.62. The number of piperidine rings is 3. The van der Waals surface area contributed by atoms with Crippen LogP contribution in [0.3, 0.4) is 0 Å². The predicted octanol–water partition coefficient (Wildman–Crippen LogP) is 2.57. The summed E-state index contributed by atoms with van der Waals surface area (Å²) in [6.45, 7) is 4.81. The molecule has 2 bridgehead atoms. The average Bonchev–Trinajstić information content (AvgIpc) is 3.24. The maximum Gasteiger partial charge on any atom is 0.257 e. The second kappa shape index (κ2) is 6.16. The second-order valence-electron chi connectivity index (χ2n) is 8.27. The van der Waals surface area contributed by atoms with E-state index >= 15 is 0 Å². The van der Waals surface area contributed by atoms with E-state index in [2.05, 4.69) is 14.9 Å². The van der Waals surface area contributed by atoms with E-state index in [1.54, 1.807) is 4.68 Å². The topological polar surface area (TPSA) is 41.4 Å². The van der Waals surface area contributed by atoms with Gasteiger partial charge in [0.2, 0.25) is 0 Å². The van der Waals surface area contributed by atoms with Gasteiger partial charge in [0.05, 0.1) is 17.3 Å². The lowest BCUT2D eigenvalue weighted by Gasteiger charge is -2.51. The maximum atomic E-state index is 13.4. The van der Waals surface area contributed by atoms with Crippen LogP contribution in [-0.4, -0.2) is 57.2 Å². The Hall–Kier alpha value is -2.21. The third kappa shape index (κ3) is 2.61. The summed E-state index contributed by atoms with van der Waals surface area (Å²) >= 11 is 0. The van der Waals surface area contributed by atoms with Gasteiger partial charge in [-0.2, -0.15) is 5.10 Å². The number of hydrogen-bond donors (Lipinski definition) is 0. The van der Waals surface area contributed by atoms with Gasteiger partial charge in [-0.3, -0.25) is 14.4 Å². The molecule has 5 heterocycles. The first-order valence-electron chi connectivity index (χ1n) is 9.83. The molecule has 27 heavy (non-hydrogen) atoms. The molecule has 4 fully saturated rings. The Bertz CT molecular complexity index is 869. The highest BCUT2D eigenvalue weighted by Crippen LogP contribution is 2.47. The Labute approximate surface area is 158 Å². The zero-order valence-corrected chi connectivity index (χ0v) is 15.8. The van der Waals surface area contributed by atoms with Crippen molar-refractivity contribution >= 4 is 5.91 Å². The predicted molar refractivity (Wildman–Crippen MR) is 100.0 cm³/mol. The van der Waals surface area contributed by atoms with Crippen LogP contribution in [0, 0.1) is 18.7 Å². The third-order valence-corrected chi connectivity index (χ3v) is 6.80. The van der Waals surface area contributed by atoms with Crippen LogP contribution >= 0.6 is 0 Å². The zero-order chi connectivity index (χ0) is 18.7. The van der Waals surface area contributed by atoms with Crippen LogP contribution in [0.1, 0.15) is 40.4 Å². The molecule has 1 aromatic carbocycles. The summed E-state index contributed by atoms with van der Waals surface area (Å²) in [5, 5.41) is 4.36. The molecule has 4 aliphatic heterocycles. The Kier molecular flexibility index (Phi) is 3.86. The fourth-order valence-corrected chi connectivity index (χ4v) is 5.62. The summed E-state index contributed by atoms with van der Waals surface area (Å²) in [6.07, 6.45) is 4.15. The Morgan fingerprint density at radius 1 is 1.15 bits per heavy atom. The molecular weight excluding hydrogens is 343 g/mol. The van der Waals surface area contributed by atoms with Crippen LogP contribution in [0.4, 0.5) is 4.39 Å². The number of rotatable bonds is 2. The van der Waals surface area contributed by atoms with Crippen molar-refractivity contribution in [1.29, 1.82) is 0 Å². The van der Waals surface area contributed by atoms with Crippen LogP contribution in [0.15, 0.2) is 30.5 Å². The number of fused-ring (bicyclic) bond motifs is 2. The molecule has 5 nitrogen and oxygen atoms in total. The number of aryl methyl sites for hydroxylation is 2. The van der Waals surface area contributed by atoms with Crippen molar-refractivity contribution < 1.29 is 9.18 Å². The highest BCUT2D eigenvalue weighted by Gasteiger charge is 2.54. The molecule has 1 aromatic heterocycles. The van der Waals surface area contributed by atoms with Crippen molar-refractivity contribution in [2.75, 3.05) is 19.6 Å². The Morgan fingerprint density at radius 3 is 2.48 bits per heavy atom. The van der Waals surface area contributed by atoms with Gasteiger partial charge in [0.25, 0.3) is 5.91 Å². The summed E-state index contributed by atoms with van der Waals surface area (Å²) in [7, 11) is 1.85. The van der Waals surface area contributed by atoms with Gasteiger partial charge in [-0.15, -0.1) is 0 Å². The number of aromatic nitrogens is 2. The summed E-state index contributed by atoms with van der Waals surface area (Å²) < 4.78 is 15.2. The van der Waals surface area contributed by atoms with E-state index in [1.807, 2.05) is 32.3 Å². The van der Waals surface area contributed by atoms with E-state index in [0.717, 1.165) is 37.2 Å². The van der Waals surface area contributed by atoms with Gasteiger partial charge >= 0.3 is 0 Å². The lowest BCUT2D eigenvalue weighted by Crippen LogP contribution is -2.60. The van der Waals surface area contributed by atoms with E-state index < -0.39 is 0 Å². The molecule has 4 aliphatic rings. The van der Waals surface area contributed by atoms with Crippen molar-refractivity contribution in [1.82, 2.24) is 19.6 Å². The minimum Gasteiger partial charge on any atom is -0.333 e. The van der Waals surface area contributed by atoms with E-state index in [1.165, 1.54) is 12.1 Å². The van der Waals surface area contributed by atoms with Gasteiger partial charge < -0.3 is 4.90 Å².